The van der Waals surface area contributed by atoms with Crippen molar-refractivity contribution in [2.75, 3.05) is 0 Å². The van der Waals surface area contributed by atoms with Gasteiger partial charge in [0.05, 0.1) is 6.21 Å². The van der Waals surface area contributed by atoms with Crippen LogP contribution in [-0.4, -0.2) is 12.1 Å². The van der Waals surface area contributed by atoms with Gasteiger partial charge in [-0.25, -0.2) is 5.43 Å². The van der Waals surface area contributed by atoms with Gasteiger partial charge in [-0.1, -0.05) is 53.7 Å². The van der Waals surface area contributed by atoms with Crippen LogP contribution in [0.3, 0.4) is 0 Å². The average molecular weight is 407 g/mol. The van der Waals surface area contributed by atoms with E-state index in [2.05, 4.69) is 10.5 Å². The van der Waals surface area contributed by atoms with Gasteiger partial charge in [-0.05, 0) is 54.1 Å². The zero-order chi connectivity index (χ0) is 19.3. The molecule has 1 heterocycles. The fourth-order valence-electron chi connectivity index (χ4n) is 2.57. The molecule has 0 saturated heterocycles. The molecule has 4 aromatic rings. The van der Waals surface area contributed by atoms with Crippen molar-refractivity contribution in [3.63, 3.8) is 0 Å². The summed E-state index contributed by atoms with van der Waals surface area (Å²) in [5, 5.41) is 5.61. The molecule has 0 aliphatic carbocycles. The number of halogens is 1. The lowest BCUT2D eigenvalue weighted by Gasteiger charge is -2.02. The van der Waals surface area contributed by atoms with Gasteiger partial charge < -0.3 is 4.42 Å². The number of furan rings is 1. The lowest BCUT2D eigenvalue weighted by Crippen LogP contribution is -2.16. The highest BCUT2D eigenvalue weighted by Crippen LogP contribution is 2.28. The van der Waals surface area contributed by atoms with Crippen LogP contribution >= 0.6 is 23.4 Å². The van der Waals surface area contributed by atoms with Crippen LogP contribution in [0.15, 0.2) is 98.2 Å². The summed E-state index contributed by atoms with van der Waals surface area (Å²) < 4.78 is 5.52. The summed E-state index contributed by atoms with van der Waals surface area (Å²) in [6.07, 6.45) is 1.59. The minimum Gasteiger partial charge on any atom is -0.451 e. The Bertz CT molecular complexity index is 1100. The van der Waals surface area contributed by atoms with Crippen molar-refractivity contribution < 1.29 is 9.21 Å². The Labute approximate surface area is 171 Å². The Morgan fingerprint density at radius 2 is 1.64 bits per heavy atom. The van der Waals surface area contributed by atoms with E-state index in [9.17, 15) is 4.79 Å². The topological polar surface area (TPSA) is 54.6 Å². The molecule has 1 amide bonds. The van der Waals surface area contributed by atoms with Crippen LogP contribution in [0.5, 0.6) is 0 Å². The summed E-state index contributed by atoms with van der Waals surface area (Å²) in [4.78, 5) is 14.4. The van der Waals surface area contributed by atoms with E-state index in [1.165, 1.54) is 0 Å². The number of fused-ring (bicyclic) bond motifs is 1. The number of para-hydroxylation sites is 1. The molecule has 0 radical (unpaired) electrons. The number of nitrogens with zero attached hydrogens (tertiary/aromatic N) is 1. The van der Waals surface area contributed by atoms with E-state index < -0.39 is 0 Å². The van der Waals surface area contributed by atoms with E-state index in [1.54, 1.807) is 24.0 Å². The number of carbonyl (C=O) groups is 1. The second kappa shape index (κ2) is 8.33. The molecule has 0 bridgehead atoms. The molecule has 4 rings (SSSR count). The molecule has 1 aromatic heterocycles. The van der Waals surface area contributed by atoms with Crippen molar-refractivity contribution in [1.82, 2.24) is 5.43 Å². The minimum atomic E-state index is -0.387. The van der Waals surface area contributed by atoms with Crippen molar-refractivity contribution in [2.45, 2.75) is 9.79 Å². The van der Waals surface area contributed by atoms with E-state index in [0.29, 0.717) is 5.58 Å². The quantitative estimate of drug-likeness (QED) is 0.326. The van der Waals surface area contributed by atoms with E-state index in [4.69, 9.17) is 16.0 Å². The Morgan fingerprint density at radius 1 is 0.964 bits per heavy atom. The van der Waals surface area contributed by atoms with Gasteiger partial charge in [0.25, 0.3) is 0 Å². The third-order valence-electron chi connectivity index (χ3n) is 3.96. The van der Waals surface area contributed by atoms with Crippen LogP contribution in [0.1, 0.15) is 16.1 Å². The molecule has 4 nitrogen and oxygen atoms in total. The number of hydrogen-bond acceptors (Lipinski definition) is 4. The third kappa shape index (κ3) is 4.44. The van der Waals surface area contributed by atoms with Crippen LogP contribution in [0.25, 0.3) is 11.0 Å². The zero-order valence-corrected chi connectivity index (χ0v) is 16.2. The van der Waals surface area contributed by atoms with Gasteiger partial charge in [-0.15, -0.1) is 0 Å². The van der Waals surface area contributed by atoms with Gasteiger partial charge in [-0.2, -0.15) is 5.10 Å². The van der Waals surface area contributed by atoms with Crippen molar-refractivity contribution in [3.8, 4) is 0 Å². The fourth-order valence-corrected chi connectivity index (χ4v) is 3.52. The first-order valence-corrected chi connectivity index (χ1v) is 9.72. The van der Waals surface area contributed by atoms with Crippen molar-refractivity contribution in [2.24, 2.45) is 5.10 Å². The van der Waals surface area contributed by atoms with Crippen molar-refractivity contribution in [1.29, 1.82) is 0 Å². The predicted octanol–water partition coefficient (Wildman–Crippen LogP) is 6.00. The monoisotopic (exact) mass is 406 g/mol. The first-order valence-electron chi connectivity index (χ1n) is 8.53. The lowest BCUT2D eigenvalue weighted by molar-refractivity contribution is 0.0929. The minimum absolute atomic E-state index is 0.230. The number of hydrazone groups is 1. The summed E-state index contributed by atoms with van der Waals surface area (Å²) in [5.74, 6) is -0.157. The molecule has 1 N–H and O–H groups in total. The van der Waals surface area contributed by atoms with Crippen molar-refractivity contribution >= 4 is 46.5 Å². The van der Waals surface area contributed by atoms with E-state index in [0.717, 1.165) is 25.8 Å². The lowest BCUT2D eigenvalue weighted by atomic mass is 10.2. The van der Waals surface area contributed by atoms with Crippen LogP contribution in [-0.2, 0) is 0 Å². The molecule has 0 fully saturated rings. The first-order chi connectivity index (χ1) is 13.7. The molecule has 0 saturated carbocycles. The SMILES string of the molecule is O=C(N/N=C/c1ccc(Sc2ccc(Cl)cc2)cc1)c1cc2ccccc2o1. The average Bonchev–Trinajstić information content (AvgIpc) is 3.15. The number of carbonyl (C=O) groups excluding carboxylic acids is 1. The maximum Gasteiger partial charge on any atom is 0.307 e. The summed E-state index contributed by atoms with van der Waals surface area (Å²) in [6.45, 7) is 0. The molecule has 0 unspecified atom stereocenters. The van der Waals surface area contributed by atoms with E-state index in [1.807, 2.05) is 72.8 Å². The number of rotatable bonds is 5. The molecule has 0 spiro atoms. The van der Waals surface area contributed by atoms with Crippen LogP contribution in [0, 0.1) is 0 Å². The van der Waals surface area contributed by atoms with Gasteiger partial charge >= 0.3 is 5.91 Å². The molecule has 0 atom stereocenters. The maximum absolute atomic E-state index is 12.2. The molecular weight excluding hydrogens is 392 g/mol. The standard InChI is InChI=1S/C22H15ClN2O2S/c23-17-7-11-19(12-8-17)28-18-9-5-15(6-10-18)14-24-25-22(26)21-13-16-3-1-2-4-20(16)27-21/h1-14H,(H,25,26)/b24-14+. The highest BCUT2D eigenvalue weighted by molar-refractivity contribution is 7.99. The third-order valence-corrected chi connectivity index (χ3v) is 5.23. The Morgan fingerprint density at radius 3 is 2.36 bits per heavy atom. The number of hydrogen-bond donors (Lipinski definition) is 1. The summed E-state index contributed by atoms with van der Waals surface area (Å²) in [7, 11) is 0. The van der Waals surface area contributed by atoms with Gasteiger partial charge in [-0.3, -0.25) is 4.79 Å². The van der Waals surface area contributed by atoms with E-state index >= 15 is 0 Å². The number of nitrogens with one attached hydrogen (secondary N) is 1. The molecule has 3 aromatic carbocycles. The first kappa shape index (κ1) is 18.3. The van der Waals surface area contributed by atoms with Crippen molar-refractivity contribution in [3.05, 3.63) is 95.2 Å². The molecule has 28 heavy (non-hydrogen) atoms. The fraction of sp³-hybridized carbons (Fsp3) is 0. The van der Waals surface area contributed by atoms with Gasteiger partial charge in [0.2, 0.25) is 0 Å². The highest BCUT2D eigenvalue weighted by Gasteiger charge is 2.10. The summed E-state index contributed by atoms with van der Waals surface area (Å²) >= 11 is 7.55. The molecule has 0 aliphatic rings. The van der Waals surface area contributed by atoms with Crippen LogP contribution in [0.2, 0.25) is 5.02 Å². The number of amides is 1. The van der Waals surface area contributed by atoms with Crippen LogP contribution < -0.4 is 5.43 Å². The molecule has 6 heteroatoms. The molecular formula is C22H15ClN2O2S. The number of benzene rings is 3. The summed E-state index contributed by atoms with van der Waals surface area (Å²) in [5.41, 5.74) is 4.04. The van der Waals surface area contributed by atoms with Gasteiger partial charge in [0, 0.05) is 20.2 Å². The molecule has 0 aliphatic heterocycles. The van der Waals surface area contributed by atoms with Gasteiger partial charge in [0.1, 0.15) is 5.58 Å². The van der Waals surface area contributed by atoms with Crippen LogP contribution in [0.4, 0.5) is 0 Å². The normalized spacial score (nSPS) is 11.2. The zero-order valence-electron chi connectivity index (χ0n) is 14.6. The molecule has 138 valence electrons. The Hall–Kier alpha value is -3.02. The highest BCUT2D eigenvalue weighted by atomic mass is 35.5. The largest absolute Gasteiger partial charge is 0.451 e. The smallest absolute Gasteiger partial charge is 0.307 e. The Kier molecular flexibility index (Phi) is 5.46. The Balaban J connectivity index is 1.36. The van der Waals surface area contributed by atoms with E-state index in [-0.39, 0.29) is 11.7 Å². The van der Waals surface area contributed by atoms with Gasteiger partial charge in [0.15, 0.2) is 5.76 Å². The predicted molar refractivity (Wildman–Crippen MR) is 113 cm³/mol. The second-order valence-electron chi connectivity index (χ2n) is 5.97. The second-order valence-corrected chi connectivity index (χ2v) is 7.56. The maximum atomic E-state index is 12.2. The summed E-state index contributed by atoms with van der Waals surface area (Å²) in [6, 6.07) is 24.8.